The summed E-state index contributed by atoms with van der Waals surface area (Å²) in [6, 6.07) is 10.6. The van der Waals surface area contributed by atoms with Gasteiger partial charge in [0.25, 0.3) is 5.69 Å². The number of nitrogens with one attached hydrogen (secondary N) is 1. The summed E-state index contributed by atoms with van der Waals surface area (Å²) in [5, 5.41) is 13.5. The van der Waals surface area contributed by atoms with E-state index in [1.807, 2.05) is 0 Å². The molecular formula is C17H12FN3O4. The topological polar surface area (TPSA) is 94.2 Å². The van der Waals surface area contributed by atoms with E-state index in [1.165, 1.54) is 53.2 Å². The van der Waals surface area contributed by atoms with E-state index >= 15 is 0 Å². The zero-order chi connectivity index (χ0) is 18.0. The largest absolute Gasteiger partial charge is 0.338 e. The van der Waals surface area contributed by atoms with Gasteiger partial charge in [0.2, 0.25) is 5.91 Å². The third-order valence-electron chi connectivity index (χ3n) is 3.59. The molecule has 1 N–H and O–H groups in total. The highest BCUT2D eigenvalue weighted by Crippen LogP contribution is 2.17. The average molecular weight is 341 g/mol. The van der Waals surface area contributed by atoms with Crippen LogP contribution in [0.3, 0.4) is 0 Å². The van der Waals surface area contributed by atoms with Crippen molar-refractivity contribution < 1.29 is 14.1 Å². The molecule has 7 nitrogen and oxygen atoms in total. The van der Waals surface area contributed by atoms with Crippen LogP contribution in [0.4, 0.5) is 15.8 Å². The van der Waals surface area contributed by atoms with E-state index < -0.39 is 16.6 Å². The third-order valence-corrected chi connectivity index (χ3v) is 3.59. The Kier molecular flexibility index (Phi) is 4.25. The number of hydrogen-bond acceptors (Lipinski definition) is 4. The summed E-state index contributed by atoms with van der Waals surface area (Å²) in [4.78, 5) is 34.2. The summed E-state index contributed by atoms with van der Waals surface area (Å²) in [6.07, 6.45) is 1.44. The van der Waals surface area contributed by atoms with Gasteiger partial charge < -0.3 is 9.88 Å². The molecule has 0 fully saturated rings. The lowest BCUT2D eigenvalue weighted by atomic mass is 10.2. The number of amides is 1. The lowest BCUT2D eigenvalue weighted by Gasteiger charge is -2.11. The standard InChI is InChI=1S/C17H12FN3O4/c18-11-4-5-15-14(8-11)16(22)6-7-20(15)10-17(23)19-12-2-1-3-13(9-12)21(24)25/h1-9H,10H2,(H,19,23). The molecule has 0 bridgehead atoms. The van der Waals surface area contributed by atoms with Gasteiger partial charge in [0, 0.05) is 35.5 Å². The summed E-state index contributed by atoms with van der Waals surface area (Å²) < 4.78 is 14.8. The molecule has 0 saturated heterocycles. The average Bonchev–Trinajstić information content (AvgIpc) is 2.58. The molecule has 126 valence electrons. The van der Waals surface area contributed by atoms with Crippen LogP contribution in [0.25, 0.3) is 10.9 Å². The Bertz CT molecular complexity index is 1050. The number of carbonyl (C=O) groups excluding carboxylic acids is 1. The van der Waals surface area contributed by atoms with Crippen LogP contribution in [-0.2, 0) is 11.3 Å². The maximum atomic E-state index is 13.3. The van der Waals surface area contributed by atoms with Crippen LogP contribution >= 0.6 is 0 Å². The SMILES string of the molecule is O=C(Cn1ccc(=O)c2cc(F)ccc21)Nc1cccc([N+](=O)[O-])c1. The summed E-state index contributed by atoms with van der Waals surface area (Å²) >= 11 is 0. The van der Waals surface area contributed by atoms with Crippen molar-refractivity contribution in [3.63, 3.8) is 0 Å². The predicted octanol–water partition coefficient (Wildman–Crippen LogP) is 2.69. The molecule has 1 heterocycles. The van der Waals surface area contributed by atoms with Crippen LogP contribution in [0.15, 0.2) is 59.5 Å². The first-order valence-electron chi connectivity index (χ1n) is 7.27. The Morgan fingerprint density at radius 2 is 2.00 bits per heavy atom. The predicted molar refractivity (Wildman–Crippen MR) is 89.9 cm³/mol. The normalized spacial score (nSPS) is 10.6. The zero-order valence-corrected chi connectivity index (χ0v) is 12.8. The molecule has 0 aliphatic heterocycles. The van der Waals surface area contributed by atoms with E-state index in [4.69, 9.17) is 0 Å². The highest BCUT2D eigenvalue weighted by Gasteiger charge is 2.10. The highest BCUT2D eigenvalue weighted by atomic mass is 19.1. The molecule has 2 aromatic carbocycles. The molecular weight excluding hydrogens is 329 g/mol. The van der Waals surface area contributed by atoms with Crippen molar-refractivity contribution in [3.05, 3.63) is 80.9 Å². The number of nitro groups is 1. The van der Waals surface area contributed by atoms with Crippen molar-refractivity contribution in [2.75, 3.05) is 5.32 Å². The Labute approximate surface area is 140 Å². The lowest BCUT2D eigenvalue weighted by molar-refractivity contribution is -0.384. The van der Waals surface area contributed by atoms with Crippen LogP contribution in [0, 0.1) is 15.9 Å². The number of benzene rings is 2. The minimum Gasteiger partial charge on any atom is -0.338 e. The Balaban J connectivity index is 1.85. The number of halogens is 1. The first-order valence-corrected chi connectivity index (χ1v) is 7.27. The maximum absolute atomic E-state index is 13.3. The molecule has 0 radical (unpaired) electrons. The second-order valence-corrected chi connectivity index (χ2v) is 5.32. The molecule has 3 aromatic rings. The van der Waals surface area contributed by atoms with Gasteiger partial charge in [-0.1, -0.05) is 6.07 Å². The van der Waals surface area contributed by atoms with E-state index in [0.717, 1.165) is 6.07 Å². The van der Waals surface area contributed by atoms with Gasteiger partial charge in [-0.3, -0.25) is 19.7 Å². The Hall–Kier alpha value is -3.55. The van der Waals surface area contributed by atoms with E-state index in [9.17, 15) is 24.1 Å². The summed E-state index contributed by atoms with van der Waals surface area (Å²) in [6.45, 7) is -0.134. The first kappa shape index (κ1) is 16.3. The van der Waals surface area contributed by atoms with Gasteiger partial charge in [-0.2, -0.15) is 0 Å². The van der Waals surface area contributed by atoms with Gasteiger partial charge in [-0.05, 0) is 24.3 Å². The quantitative estimate of drug-likeness (QED) is 0.583. The fraction of sp³-hybridized carbons (Fsp3) is 0.0588. The van der Waals surface area contributed by atoms with Gasteiger partial charge in [0.05, 0.1) is 10.4 Å². The van der Waals surface area contributed by atoms with E-state index in [2.05, 4.69) is 5.32 Å². The van der Waals surface area contributed by atoms with Crippen molar-refractivity contribution in [1.29, 1.82) is 0 Å². The smallest absolute Gasteiger partial charge is 0.271 e. The number of anilines is 1. The maximum Gasteiger partial charge on any atom is 0.271 e. The second-order valence-electron chi connectivity index (χ2n) is 5.32. The van der Waals surface area contributed by atoms with Crippen molar-refractivity contribution in [3.8, 4) is 0 Å². The van der Waals surface area contributed by atoms with Gasteiger partial charge in [-0.25, -0.2) is 4.39 Å². The van der Waals surface area contributed by atoms with Gasteiger partial charge >= 0.3 is 0 Å². The van der Waals surface area contributed by atoms with Crippen LogP contribution in [0.2, 0.25) is 0 Å². The number of nitro benzene ring substituents is 1. The van der Waals surface area contributed by atoms with Crippen LogP contribution < -0.4 is 10.7 Å². The van der Waals surface area contributed by atoms with Gasteiger partial charge in [0.1, 0.15) is 12.4 Å². The summed E-state index contributed by atoms with van der Waals surface area (Å²) in [7, 11) is 0. The minimum absolute atomic E-state index is 0.134. The molecule has 0 saturated carbocycles. The first-order chi connectivity index (χ1) is 11.9. The molecule has 25 heavy (non-hydrogen) atoms. The number of fused-ring (bicyclic) bond motifs is 1. The number of nitrogens with zero attached hydrogens (tertiary/aromatic N) is 2. The Morgan fingerprint density at radius 3 is 2.76 bits per heavy atom. The minimum atomic E-state index is -0.556. The molecule has 0 aliphatic carbocycles. The number of aromatic nitrogens is 1. The van der Waals surface area contributed by atoms with Crippen molar-refractivity contribution in [2.24, 2.45) is 0 Å². The van der Waals surface area contributed by atoms with Gasteiger partial charge in [-0.15, -0.1) is 0 Å². The van der Waals surface area contributed by atoms with Crippen molar-refractivity contribution in [1.82, 2.24) is 4.57 Å². The van der Waals surface area contributed by atoms with Gasteiger partial charge in [0.15, 0.2) is 5.43 Å². The van der Waals surface area contributed by atoms with E-state index in [-0.39, 0.29) is 28.7 Å². The van der Waals surface area contributed by atoms with E-state index in [1.54, 1.807) is 0 Å². The molecule has 1 amide bonds. The summed E-state index contributed by atoms with van der Waals surface area (Å²) in [5.41, 5.74) is 0.227. The number of hydrogen-bond donors (Lipinski definition) is 1. The Morgan fingerprint density at radius 1 is 1.20 bits per heavy atom. The van der Waals surface area contributed by atoms with Crippen LogP contribution in [0.5, 0.6) is 0 Å². The summed E-state index contributed by atoms with van der Waals surface area (Å²) in [5.74, 6) is -0.974. The number of non-ortho nitro benzene ring substituents is 1. The second kappa shape index (κ2) is 6.52. The van der Waals surface area contributed by atoms with Crippen molar-refractivity contribution in [2.45, 2.75) is 6.54 Å². The molecule has 8 heteroatoms. The van der Waals surface area contributed by atoms with Crippen LogP contribution in [-0.4, -0.2) is 15.4 Å². The fourth-order valence-corrected chi connectivity index (χ4v) is 2.47. The number of carbonyl (C=O) groups is 1. The third kappa shape index (κ3) is 3.52. The number of pyridine rings is 1. The molecule has 3 rings (SSSR count). The lowest BCUT2D eigenvalue weighted by Crippen LogP contribution is -2.20. The molecule has 0 spiro atoms. The van der Waals surface area contributed by atoms with Crippen LogP contribution in [0.1, 0.15) is 0 Å². The number of rotatable bonds is 4. The fourth-order valence-electron chi connectivity index (χ4n) is 2.47. The molecule has 0 atom stereocenters. The zero-order valence-electron chi connectivity index (χ0n) is 12.8. The monoisotopic (exact) mass is 341 g/mol. The highest BCUT2D eigenvalue weighted by molar-refractivity contribution is 5.92. The van der Waals surface area contributed by atoms with E-state index in [0.29, 0.717) is 5.52 Å². The molecule has 0 aliphatic rings. The molecule has 0 unspecified atom stereocenters. The molecule has 1 aromatic heterocycles. The van der Waals surface area contributed by atoms with Crippen molar-refractivity contribution >= 4 is 28.2 Å².